The number of rotatable bonds is 9. The van der Waals surface area contributed by atoms with Crippen LogP contribution in [0.3, 0.4) is 0 Å². The average Bonchev–Trinajstić information content (AvgIpc) is 2.34. The van der Waals surface area contributed by atoms with E-state index in [0.29, 0.717) is 16.6 Å². The van der Waals surface area contributed by atoms with Gasteiger partial charge in [-0.2, -0.15) is 0 Å². The fourth-order valence-corrected chi connectivity index (χ4v) is 1.75. The van der Waals surface area contributed by atoms with Gasteiger partial charge in [-0.1, -0.05) is 19.7 Å². The highest BCUT2D eigenvalue weighted by atomic mass is 35.5. The summed E-state index contributed by atoms with van der Waals surface area (Å²) in [5.74, 6) is -0.453. The topological polar surface area (TPSA) is 46.5 Å². The Kier molecular flexibility index (Phi) is 19.6. The molecule has 1 atom stereocenters. The van der Waals surface area contributed by atoms with Gasteiger partial charge in [-0.25, -0.2) is 4.79 Å². The molecule has 0 aliphatic carbocycles. The predicted octanol–water partition coefficient (Wildman–Crippen LogP) is -4.38. The predicted molar refractivity (Wildman–Crippen MR) is 96.9 cm³/mol. The smallest absolute Gasteiger partial charge is 0.333 e. The quantitative estimate of drug-likeness (QED) is 0.185. The molecule has 0 spiro atoms. The molecule has 7 heteroatoms. The molecular formula is C18H36Cl2N2O3. The first-order chi connectivity index (χ1) is 10.3. The van der Waals surface area contributed by atoms with Crippen molar-refractivity contribution in [1.29, 1.82) is 0 Å². The van der Waals surface area contributed by atoms with Crippen LogP contribution in [-0.4, -0.2) is 87.6 Å². The average molecular weight is 399 g/mol. The van der Waals surface area contributed by atoms with Gasteiger partial charge in [-0.15, -0.1) is 0 Å². The maximum Gasteiger partial charge on any atom is 0.333 e. The van der Waals surface area contributed by atoms with Gasteiger partial charge < -0.3 is 43.6 Å². The SMILES string of the molecule is C=C(C)C(=O)OCC(O)C[N+](C)(C)C.C=CC[N+](C)(C)CC=C.[Cl-].[Cl-]. The Balaban J connectivity index is -0.000000177. The molecule has 0 aliphatic rings. The Bertz CT molecular complexity index is 394. The molecule has 0 fully saturated rings. The number of carbonyl (C=O) groups is 1. The Morgan fingerprint density at radius 1 is 1.08 bits per heavy atom. The zero-order valence-electron chi connectivity index (χ0n) is 16.6. The maximum atomic E-state index is 11.0. The molecule has 0 rings (SSSR count). The highest BCUT2D eigenvalue weighted by Crippen LogP contribution is 1.98. The molecule has 25 heavy (non-hydrogen) atoms. The molecule has 0 bridgehead atoms. The van der Waals surface area contributed by atoms with Gasteiger partial charge in [-0.3, -0.25) is 0 Å². The number of likely N-dealkylation sites (N-methyl/N-ethyl adjacent to an activating group) is 2. The van der Waals surface area contributed by atoms with E-state index in [9.17, 15) is 9.90 Å². The highest BCUT2D eigenvalue weighted by Gasteiger charge is 2.17. The minimum absolute atomic E-state index is 0. The summed E-state index contributed by atoms with van der Waals surface area (Å²) >= 11 is 0. The van der Waals surface area contributed by atoms with Gasteiger partial charge in [0, 0.05) is 5.57 Å². The lowest BCUT2D eigenvalue weighted by molar-refractivity contribution is -0.878. The molecule has 1 unspecified atom stereocenters. The van der Waals surface area contributed by atoms with Gasteiger partial charge in [0.1, 0.15) is 19.3 Å². The molecule has 0 radical (unpaired) electrons. The molecule has 0 aromatic heterocycles. The number of esters is 1. The van der Waals surface area contributed by atoms with Crippen molar-refractivity contribution in [2.75, 3.05) is 61.5 Å². The minimum Gasteiger partial charge on any atom is -1.00 e. The third-order valence-corrected chi connectivity index (χ3v) is 2.76. The summed E-state index contributed by atoms with van der Waals surface area (Å²) in [4.78, 5) is 11.0. The van der Waals surface area contributed by atoms with E-state index in [1.165, 1.54) is 0 Å². The lowest BCUT2D eigenvalue weighted by Crippen LogP contribution is -3.00. The van der Waals surface area contributed by atoms with Crippen LogP contribution in [0.15, 0.2) is 37.5 Å². The van der Waals surface area contributed by atoms with Gasteiger partial charge in [0.05, 0.1) is 48.3 Å². The van der Waals surface area contributed by atoms with E-state index >= 15 is 0 Å². The van der Waals surface area contributed by atoms with Gasteiger partial charge in [0.25, 0.3) is 0 Å². The second-order valence-corrected chi connectivity index (χ2v) is 7.38. The number of hydrogen-bond donors (Lipinski definition) is 1. The van der Waals surface area contributed by atoms with E-state index in [1.54, 1.807) is 6.92 Å². The number of halogens is 2. The number of quaternary nitrogens is 2. The molecule has 0 aromatic carbocycles. The van der Waals surface area contributed by atoms with Crippen molar-refractivity contribution >= 4 is 5.97 Å². The van der Waals surface area contributed by atoms with Gasteiger partial charge >= 0.3 is 5.97 Å². The van der Waals surface area contributed by atoms with Gasteiger partial charge in [-0.05, 0) is 19.1 Å². The lowest BCUT2D eigenvalue weighted by atomic mass is 10.3. The summed E-state index contributed by atoms with van der Waals surface area (Å²) in [5.41, 5.74) is 0.349. The molecule has 150 valence electrons. The zero-order valence-corrected chi connectivity index (χ0v) is 18.1. The number of aliphatic hydroxyl groups is 1. The molecule has 0 amide bonds. The molecule has 0 saturated heterocycles. The summed E-state index contributed by atoms with van der Waals surface area (Å²) in [6, 6.07) is 0. The first kappa shape index (κ1) is 31.9. The summed E-state index contributed by atoms with van der Waals surface area (Å²) in [6.07, 6.45) is 3.24. The highest BCUT2D eigenvalue weighted by molar-refractivity contribution is 5.86. The fourth-order valence-electron chi connectivity index (χ4n) is 1.75. The van der Waals surface area contributed by atoms with Crippen molar-refractivity contribution in [3.05, 3.63) is 37.5 Å². The minimum atomic E-state index is -0.627. The maximum absolute atomic E-state index is 11.0. The molecule has 0 aliphatic heterocycles. The first-order valence-corrected chi connectivity index (χ1v) is 7.69. The van der Waals surface area contributed by atoms with Gasteiger partial charge in [0.2, 0.25) is 0 Å². The monoisotopic (exact) mass is 398 g/mol. The Morgan fingerprint density at radius 2 is 1.48 bits per heavy atom. The number of ether oxygens (including phenoxy) is 1. The van der Waals surface area contributed by atoms with Crippen molar-refractivity contribution in [3.8, 4) is 0 Å². The number of nitrogens with zero attached hydrogens (tertiary/aromatic N) is 2. The molecule has 1 N–H and O–H groups in total. The van der Waals surface area contributed by atoms with Crippen molar-refractivity contribution in [1.82, 2.24) is 0 Å². The van der Waals surface area contributed by atoms with Crippen LogP contribution in [0.4, 0.5) is 0 Å². The van der Waals surface area contributed by atoms with E-state index in [0.717, 1.165) is 17.6 Å². The van der Waals surface area contributed by atoms with E-state index in [2.05, 4.69) is 33.8 Å². The summed E-state index contributed by atoms with van der Waals surface area (Å²) in [5, 5.41) is 9.49. The number of aliphatic hydroxyl groups excluding tert-OH is 1. The molecule has 0 saturated carbocycles. The van der Waals surface area contributed by atoms with E-state index < -0.39 is 12.1 Å². The van der Waals surface area contributed by atoms with Crippen LogP contribution >= 0.6 is 0 Å². The van der Waals surface area contributed by atoms with Crippen molar-refractivity contribution < 1.29 is 48.4 Å². The first-order valence-electron chi connectivity index (χ1n) is 7.69. The third kappa shape index (κ3) is 23.1. The normalized spacial score (nSPS) is 11.5. The van der Waals surface area contributed by atoms with Crippen molar-refractivity contribution in [3.63, 3.8) is 0 Å². The van der Waals surface area contributed by atoms with Crippen LogP contribution in [0.5, 0.6) is 0 Å². The Morgan fingerprint density at radius 3 is 1.76 bits per heavy atom. The van der Waals surface area contributed by atoms with Crippen LogP contribution < -0.4 is 24.8 Å². The van der Waals surface area contributed by atoms with Crippen LogP contribution in [0.1, 0.15) is 6.92 Å². The second kappa shape index (κ2) is 15.4. The van der Waals surface area contributed by atoms with Crippen LogP contribution in [0, 0.1) is 0 Å². The fraction of sp³-hybridized carbons (Fsp3) is 0.611. The summed E-state index contributed by atoms with van der Waals surface area (Å²) in [7, 11) is 10.2. The van der Waals surface area contributed by atoms with Gasteiger partial charge in [0.15, 0.2) is 0 Å². The summed E-state index contributed by atoms with van der Waals surface area (Å²) in [6.45, 7) is 15.0. The van der Waals surface area contributed by atoms with E-state index in [4.69, 9.17) is 4.74 Å². The molecule has 5 nitrogen and oxygen atoms in total. The van der Waals surface area contributed by atoms with E-state index in [-0.39, 0.29) is 31.4 Å². The summed E-state index contributed by atoms with van der Waals surface area (Å²) < 4.78 is 6.39. The second-order valence-electron chi connectivity index (χ2n) is 7.38. The molecular weight excluding hydrogens is 363 g/mol. The number of carbonyl (C=O) groups excluding carboxylic acids is 1. The Hall–Kier alpha value is -0.850. The Labute approximate surface area is 166 Å². The lowest BCUT2D eigenvalue weighted by Gasteiger charge is -2.26. The van der Waals surface area contributed by atoms with E-state index in [1.807, 2.05) is 33.3 Å². The van der Waals surface area contributed by atoms with Crippen LogP contribution in [-0.2, 0) is 9.53 Å². The van der Waals surface area contributed by atoms with Crippen molar-refractivity contribution in [2.45, 2.75) is 13.0 Å². The largest absolute Gasteiger partial charge is 1.00 e. The third-order valence-electron chi connectivity index (χ3n) is 2.76. The number of hydrogen-bond acceptors (Lipinski definition) is 3. The molecule has 0 aromatic rings. The zero-order chi connectivity index (χ0) is 18.7. The standard InChI is InChI=1S/C10H20NO3.C8H16N.2ClH/c1-8(2)10(13)14-7-9(12)6-11(3,4)5;1-5-7-9(3,4)8-6-2;;/h9,12H,1,6-7H2,2-5H3;5-6H,1-2,7-8H2,3-4H3;2*1H/q2*+1;;/p-2. The van der Waals surface area contributed by atoms with Crippen molar-refractivity contribution in [2.24, 2.45) is 0 Å². The molecule has 0 heterocycles. The van der Waals surface area contributed by atoms with Crippen LogP contribution in [0.2, 0.25) is 0 Å². The van der Waals surface area contributed by atoms with Crippen LogP contribution in [0.25, 0.3) is 0 Å².